The van der Waals surface area contributed by atoms with Crippen LogP contribution in [0.1, 0.15) is 34.7 Å². The van der Waals surface area contributed by atoms with E-state index in [-0.39, 0.29) is 0 Å². The number of rotatable bonds is 3. The first-order valence-corrected chi connectivity index (χ1v) is 6.53. The van der Waals surface area contributed by atoms with E-state index in [4.69, 9.17) is 0 Å². The van der Waals surface area contributed by atoms with E-state index in [2.05, 4.69) is 30.3 Å². The van der Waals surface area contributed by atoms with Gasteiger partial charge in [0.15, 0.2) is 0 Å². The first-order valence-electron chi connectivity index (χ1n) is 5.71. The fraction of sp³-hybridized carbons (Fsp3) is 0.600. The molecule has 0 bridgehead atoms. The Balaban J connectivity index is 1.74. The largest absolute Gasteiger partial charge is 0.287 e. The molecule has 17 heavy (non-hydrogen) atoms. The van der Waals surface area contributed by atoms with Gasteiger partial charge in [0.05, 0.1) is 12.6 Å². The van der Waals surface area contributed by atoms with Gasteiger partial charge in [0.1, 0.15) is 22.2 Å². The summed E-state index contributed by atoms with van der Waals surface area (Å²) < 4.78 is 0. The van der Waals surface area contributed by atoms with Crippen molar-refractivity contribution in [2.75, 3.05) is 6.54 Å². The van der Waals surface area contributed by atoms with E-state index in [1.807, 2.05) is 6.92 Å². The van der Waals surface area contributed by atoms with Gasteiger partial charge in [0, 0.05) is 0 Å². The summed E-state index contributed by atoms with van der Waals surface area (Å²) in [5.74, 6) is 0.962. The first kappa shape index (κ1) is 10.8. The summed E-state index contributed by atoms with van der Waals surface area (Å²) >= 11 is 1.66. The Labute approximate surface area is 103 Å². The quantitative estimate of drug-likeness (QED) is 0.889. The molecule has 0 unspecified atom stereocenters. The summed E-state index contributed by atoms with van der Waals surface area (Å²) in [6.07, 6.45) is 3.90. The molecule has 0 aromatic carbocycles. The second kappa shape index (κ2) is 4.50. The molecular weight excluding hydrogens is 236 g/mol. The normalized spacial score (nSPS) is 21.1. The van der Waals surface area contributed by atoms with Crippen molar-refractivity contribution >= 4 is 11.3 Å². The highest BCUT2D eigenvalue weighted by molar-refractivity contribution is 7.11. The third-order valence-corrected chi connectivity index (χ3v) is 3.84. The Morgan fingerprint density at radius 2 is 2.47 bits per heavy atom. The standard InChI is InChI=1S/C10H14N6S/c1-7-13-14-9(17-7)5-16-4-2-3-8(16)10-11-6-12-15-10/h6,8H,2-5H2,1H3,(H,11,12,15)/t8-/m0/s1. The zero-order chi connectivity index (χ0) is 11.7. The molecule has 1 saturated heterocycles. The van der Waals surface area contributed by atoms with Crippen molar-refractivity contribution in [2.24, 2.45) is 0 Å². The van der Waals surface area contributed by atoms with Crippen LogP contribution in [0, 0.1) is 6.92 Å². The van der Waals surface area contributed by atoms with Crippen molar-refractivity contribution in [3.05, 3.63) is 22.2 Å². The van der Waals surface area contributed by atoms with Crippen molar-refractivity contribution in [3.63, 3.8) is 0 Å². The second-order valence-corrected chi connectivity index (χ2v) is 5.48. The fourth-order valence-electron chi connectivity index (χ4n) is 2.28. The number of nitrogens with one attached hydrogen (secondary N) is 1. The third kappa shape index (κ3) is 2.20. The number of nitrogens with zero attached hydrogens (tertiary/aromatic N) is 5. The van der Waals surface area contributed by atoms with E-state index in [1.54, 1.807) is 17.7 Å². The van der Waals surface area contributed by atoms with Gasteiger partial charge in [-0.15, -0.1) is 21.5 Å². The minimum Gasteiger partial charge on any atom is -0.287 e. The molecular formula is C10H14N6S. The Kier molecular flexibility index (Phi) is 2.86. The van der Waals surface area contributed by atoms with E-state index in [0.717, 1.165) is 35.3 Å². The van der Waals surface area contributed by atoms with Gasteiger partial charge in [-0.25, -0.2) is 4.98 Å². The van der Waals surface area contributed by atoms with Crippen molar-refractivity contribution in [1.82, 2.24) is 30.3 Å². The lowest BCUT2D eigenvalue weighted by molar-refractivity contribution is 0.239. The molecule has 6 nitrogen and oxygen atoms in total. The monoisotopic (exact) mass is 250 g/mol. The van der Waals surface area contributed by atoms with Gasteiger partial charge in [0.25, 0.3) is 0 Å². The van der Waals surface area contributed by atoms with Crippen LogP contribution in [0.3, 0.4) is 0 Å². The van der Waals surface area contributed by atoms with Crippen molar-refractivity contribution in [3.8, 4) is 0 Å². The smallest absolute Gasteiger partial charge is 0.141 e. The molecule has 1 aliphatic heterocycles. The van der Waals surface area contributed by atoms with E-state index >= 15 is 0 Å². The number of aromatic amines is 1. The molecule has 1 atom stereocenters. The Bertz CT molecular complexity index is 479. The summed E-state index contributed by atoms with van der Waals surface area (Å²) in [4.78, 5) is 6.64. The molecule has 3 heterocycles. The summed E-state index contributed by atoms with van der Waals surface area (Å²) in [5, 5.41) is 17.2. The number of likely N-dealkylation sites (tertiary alicyclic amines) is 1. The summed E-state index contributed by atoms with van der Waals surface area (Å²) in [7, 11) is 0. The highest BCUT2D eigenvalue weighted by Crippen LogP contribution is 2.31. The third-order valence-electron chi connectivity index (χ3n) is 3.02. The predicted molar refractivity (Wildman–Crippen MR) is 63.4 cm³/mol. The molecule has 0 saturated carbocycles. The topological polar surface area (TPSA) is 70.6 Å². The van der Waals surface area contributed by atoms with Crippen LogP contribution in [0.25, 0.3) is 0 Å². The Morgan fingerprint density at radius 3 is 3.18 bits per heavy atom. The van der Waals surface area contributed by atoms with Crippen LogP contribution in [0.5, 0.6) is 0 Å². The molecule has 3 rings (SSSR count). The fourth-order valence-corrected chi connectivity index (χ4v) is 3.01. The van der Waals surface area contributed by atoms with Crippen LogP contribution in [0.4, 0.5) is 0 Å². The highest BCUT2D eigenvalue weighted by Gasteiger charge is 2.28. The lowest BCUT2D eigenvalue weighted by Crippen LogP contribution is -2.23. The molecule has 1 fully saturated rings. The van der Waals surface area contributed by atoms with Gasteiger partial charge >= 0.3 is 0 Å². The first-order chi connectivity index (χ1) is 8.33. The van der Waals surface area contributed by atoms with E-state index < -0.39 is 0 Å². The Morgan fingerprint density at radius 1 is 1.53 bits per heavy atom. The summed E-state index contributed by atoms with van der Waals surface area (Å²) in [6.45, 7) is 3.93. The Hall–Kier alpha value is -1.34. The van der Waals surface area contributed by atoms with Crippen molar-refractivity contribution in [2.45, 2.75) is 32.4 Å². The van der Waals surface area contributed by atoms with E-state index in [1.165, 1.54) is 6.42 Å². The molecule has 1 aliphatic rings. The molecule has 0 aliphatic carbocycles. The van der Waals surface area contributed by atoms with Gasteiger partial charge in [-0.1, -0.05) is 0 Å². The molecule has 0 radical (unpaired) electrons. The van der Waals surface area contributed by atoms with Crippen LogP contribution in [0.2, 0.25) is 0 Å². The maximum Gasteiger partial charge on any atom is 0.141 e. The van der Waals surface area contributed by atoms with Crippen LogP contribution in [-0.2, 0) is 6.54 Å². The van der Waals surface area contributed by atoms with Crippen molar-refractivity contribution in [1.29, 1.82) is 0 Å². The molecule has 90 valence electrons. The minimum absolute atomic E-state index is 0.349. The average Bonchev–Trinajstić information content (AvgIpc) is 3.00. The van der Waals surface area contributed by atoms with Gasteiger partial charge in [-0.3, -0.25) is 10.00 Å². The van der Waals surface area contributed by atoms with Crippen LogP contribution >= 0.6 is 11.3 Å². The van der Waals surface area contributed by atoms with Gasteiger partial charge in [0.2, 0.25) is 0 Å². The van der Waals surface area contributed by atoms with Crippen LogP contribution < -0.4 is 0 Å². The van der Waals surface area contributed by atoms with Crippen LogP contribution in [-0.4, -0.2) is 36.8 Å². The highest BCUT2D eigenvalue weighted by atomic mass is 32.1. The van der Waals surface area contributed by atoms with Gasteiger partial charge in [-0.2, -0.15) is 5.10 Å². The van der Waals surface area contributed by atoms with Gasteiger partial charge in [-0.05, 0) is 26.3 Å². The average molecular weight is 250 g/mol. The zero-order valence-corrected chi connectivity index (χ0v) is 10.4. The number of H-pyrrole nitrogens is 1. The zero-order valence-electron chi connectivity index (χ0n) is 9.63. The maximum absolute atomic E-state index is 4.25. The molecule has 0 spiro atoms. The summed E-state index contributed by atoms with van der Waals surface area (Å²) in [5.41, 5.74) is 0. The van der Waals surface area contributed by atoms with Crippen LogP contribution in [0.15, 0.2) is 6.33 Å². The lowest BCUT2D eigenvalue weighted by Gasteiger charge is -2.20. The molecule has 2 aromatic rings. The number of aryl methyl sites for hydroxylation is 1. The summed E-state index contributed by atoms with van der Waals surface area (Å²) in [6, 6.07) is 0.349. The number of hydrogen-bond donors (Lipinski definition) is 1. The molecule has 1 N–H and O–H groups in total. The number of hydrogen-bond acceptors (Lipinski definition) is 6. The molecule has 7 heteroatoms. The molecule has 0 amide bonds. The SMILES string of the molecule is Cc1nnc(CN2CCC[C@H]2c2ncn[nH]2)s1. The molecule has 2 aromatic heterocycles. The minimum atomic E-state index is 0.349. The maximum atomic E-state index is 4.25. The predicted octanol–water partition coefficient (Wildman–Crippen LogP) is 1.30. The number of aromatic nitrogens is 5. The van der Waals surface area contributed by atoms with Crippen molar-refractivity contribution < 1.29 is 0 Å². The van der Waals surface area contributed by atoms with E-state index in [0.29, 0.717) is 6.04 Å². The lowest BCUT2D eigenvalue weighted by atomic mass is 10.2. The second-order valence-electron chi connectivity index (χ2n) is 4.21. The van der Waals surface area contributed by atoms with E-state index in [9.17, 15) is 0 Å². The van der Waals surface area contributed by atoms with Gasteiger partial charge < -0.3 is 0 Å².